The van der Waals surface area contributed by atoms with Crippen LogP contribution in [0, 0.1) is 0 Å². The molecule has 1 saturated carbocycles. The Labute approximate surface area is 163 Å². The average molecular weight is 379 g/mol. The molecule has 2 atom stereocenters. The number of rotatable bonds is 7. The number of aromatic nitrogens is 3. The highest BCUT2D eigenvalue weighted by molar-refractivity contribution is 8.00. The maximum atomic E-state index is 12.9. The molecule has 1 heterocycles. The summed E-state index contributed by atoms with van der Waals surface area (Å²) in [7, 11) is 0. The summed E-state index contributed by atoms with van der Waals surface area (Å²) in [5.41, 5.74) is 2.15. The van der Waals surface area contributed by atoms with Gasteiger partial charge in [0, 0.05) is 6.04 Å². The minimum atomic E-state index is -0.349. The first kappa shape index (κ1) is 17.8. The van der Waals surface area contributed by atoms with Crippen LogP contribution in [0.2, 0.25) is 0 Å². The highest BCUT2D eigenvalue weighted by atomic mass is 32.2. The van der Waals surface area contributed by atoms with Crippen molar-refractivity contribution in [2.24, 2.45) is 0 Å². The SMILES string of the molecule is C[C@H](c1ccccc1)n1cnnc1S[C@H](C(=O)NC1CC1)c1ccccc1. The van der Waals surface area contributed by atoms with Crippen LogP contribution < -0.4 is 5.32 Å². The Balaban J connectivity index is 1.60. The van der Waals surface area contributed by atoms with Gasteiger partial charge in [-0.25, -0.2) is 0 Å². The summed E-state index contributed by atoms with van der Waals surface area (Å²) in [6, 6.07) is 20.5. The monoisotopic (exact) mass is 378 g/mol. The minimum absolute atomic E-state index is 0.0376. The second kappa shape index (κ2) is 7.96. The predicted molar refractivity (Wildman–Crippen MR) is 106 cm³/mol. The lowest BCUT2D eigenvalue weighted by molar-refractivity contribution is -0.120. The van der Waals surface area contributed by atoms with E-state index in [0.29, 0.717) is 6.04 Å². The van der Waals surface area contributed by atoms with Gasteiger partial charge in [-0.2, -0.15) is 0 Å². The molecule has 0 spiro atoms. The maximum absolute atomic E-state index is 12.9. The standard InChI is InChI=1S/C21H22N4OS/c1-15(16-8-4-2-5-9-16)25-14-22-24-21(25)27-19(17-10-6-3-7-11-17)20(26)23-18-12-13-18/h2-11,14-15,18-19H,12-13H2,1H3,(H,23,26)/t15-,19+/m1/s1. The van der Waals surface area contributed by atoms with Gasteiger partial charge in [0.25, 0.3) is 0 Å². The molecule has 0 bridgehead atoms. The Kier molecular flexibility index (Phi) is 5.25. The fraction of sp³-hybridized carbons (Fsp3) is 0.286. The Morgan fingerprint density at radius 2 is 1.70 bits per heavy atom. The van der Waals surface area contributed by atoms with E-state index >= 15 is 0 Å². The van der Waals surface area contributed by atoms with E-state index < -0.39 is 0 Å². The lowest BCUT2D eigenvalue weighted by atomic mass is 10.1. The number of amides is 1. The molecule has 5 nitrogen and oxygen atoms in total. The third kappa shape index (κ3) is 4.22. The van der Waals surface area contributed by atoms with Crippen molar-refractivity contribution in [3.8, 4) is 0 Å². The quantitative estimate of drug-likeness (QED) is 0.631. The Bertz CT molecular complexity index is 893. The van der Waals surface area contributed by atoms with Gasteiger partial charge < -0.3 is 9.88 Å². The molecule has 0 radical (unpaired) electrons. The van der Waals surface area contributed by atoms with Crippen molar-refractivity contribution in [2.75, 3.05) is 0 Å². The highest BCUT2D eigenvalue weighted by Gasteiger charge is 2.30. The van der Waals surface area contributed by atoms with E-state index in [4.69, 9.17) is 0 Å². The van der Waals surface area contributed by atoms with Gasteiger partial charge in [-0.15, -0.1) is 10.2 Å². The minimum Gasteiger partial charge on any atom is -0.352 e. The number of nitrogens with one attached hydrogen (secondary N) is 1. The lowest BCUT2D eigenvalue weighted by Gasteiger charge is -2.19. The van der Waals surface area contributed by atoms with Crippen molar-refractivity contribution in [2.45, 2.75) is 42.3 Å². The lowest BCUT2D eigenvalue weighted by Crippen LogP contribution is -2.30. The molecule has 1 N–H and O–H groups in total. The van der Waals surface area contributed by atoms with Gasteiger partial charge in [0.05, 0.1) is 6.04 Å². The zero-order valence-electron chi connectivity index (χ0n) is 15.2. The molecular formula is C21H22N4OS. The molecule has 0 aliphatic heterocycles. The molecule has 6 heteroatoms. The summed E-state index contributed by atoms with van der Waals surface area (Å²) in [5, 5.41) is 11.9. The van der Waals surface area contributed by atoms with Crippen LogP contribution in [0.3, 0.4) is 0 Å². The van der Waals surface area contributed by atoms with E-state index in [2.05, 4.69) is 34.6 Å². The fourth-order valence-corrected chi connectivity index (χ4v) is 4.09. The molecule has 1 aliphatic rings. The molecule has 3 aromatic rings. The number of nitrogens with zero attached hydrogens (tertiary/aromatic N) is 3. The third-order valence-electron chi connectivity index (χ3n) is 4.73. The van der Waals surface area contributed by atoms with E-state index in [1.807, 2.05) is 53.1 Å². The van der Waals surface area contributed by atoms with Gasteiger partial charge in [0.1, 0.15) is 11.6 Å². The van der Waals surface area contributed by atoms with Gasteiger partial charge in [-0.05, 0) is 30.9 Å². The number of carbonyl (C=O) groups is 1. The molecule has 0 saturated heterocycles. The van der Waals surface area contributed by atoms with Crippen LogP contribution in [0.15, 0.2) is 72.1 Å². The Morgan fingerprint density at radius 1 is 1.07 bits per heavy atom. The first-order chi connectivity index (χ1) is 13.2. The molecule has 1 aliphatic carbocycles. The van der Waals surface area contributed by atoms with Crippen LogP contribution >= 0.6 is 11.8 Å². The zero-order valence-corrected chi connectivity index (χ0v) is 16.0. The van der Waals surface area contributed by atoms with E-state index in [9.17, 15) is 4.79 Å². The summed E-state index contributed by atoms with van der Waals surface area (Å²) in [5.74, 6) is 0.0376. The second-order valence-corrected chi connectivity index (χ2v) is 7.87. The van der Waals surface area contributed by atoms with Gasteiger partial charge in [-0.3, -0.25) is 4.79 Å². The van der Waals surface area contributed by atoms with Crippen LogP contribution in [0.1, 0.15) is 42.2 Å². The second-order valence-electron chi connectivity index (χ2n) is 6.80. The molecule has 27 heavy (non-hydrogen) atoms. The molecule has 1 fully saturated rings. The van der Waals surface area contributed by atoms with E-state index in [1.54, 1.807) is 6.33 Å². The smallest absolute Gasteiger partial charge is 0.238 e. The zero-order chi connectivity index (χ0) is 18.6. The first-order valence-electron chi connectivity index (χ1n) is 9.19. The molecule has 2 aromatic carbocycles. The van der Waals surface area contributed by atoms with E-state index in [1.165, 1.54) is 17.3 Å². The van der Waals surface area contributed by atoms with Crippen molar-refractivity contribution >= 4 is 17.7 Å². The van der Waals surface area contributed by atoms with Crippen LogP contribution in [-0.4, -0.2) is 26.7 Å². The summed E-state index contributed by atoms with van der Waals surface area (Å²) in [6.45, 7) is 2.12. The van der Waals surface area contributed by atoms with Crippen molar-refractivity contribution < 1.29 is 4.79 Å². The largest absolute Gasteiger partial charge is 0.352 e. The normalized spacial score (nSPS) is 15.9. The predicted octanol–water partition coefficient (Wildman–Crippen LogP) is 4.00. The van der Waals surface area contributed by atoms with Gasteiger partial charge in [0.15, 0.2) is 5.16 Å². The summed E-state index contributed by atoms with van der Waals surface area (Å²) < 4.78 is 2.03. The van der Waals surface area contributed by atoms with Crippen LogP contribution in [0.4, 0.5) is 0 Å². The summed E-state index contributed by atoms with van der Waals surface area (Å²) in [6.07, 6.45) is 3.87. The van der Waals surface area contributed by atoms with Gasteiger partial charge in [-0.1, -0.05) is 72.4 Å². The maximum Gasteiger partial charge on any atom is 0.238 e. The number of carbonyl (C=O) groups excluding carboxylic acids is 1. The van der Waals surface area contributed by atoms with Crippen molar-refractivity contribution in [3.05, 3.63) is 78.1 Å². The Hall–Kier alpha value is -2.60. The van der Waals surface area contributed by atoms with Crippen molar-refractivity contribution in [3.63, 3.8) is 0 Å². The molecule has 1 aromatic heterocycles. The first-order valence-corrected chi connectivity index (χ1v) is 10.1. The summed E-state index contributed by atoms with van der Waals surface area (Å²) >= 11 is 1.45. The number of benzene rings is 2. The number of thioether (sulfide) groups is 1. The Morgan fingerprint density at radius 3 is 2.33 bits per heavy atom. The van der Waals surface area contributed by atoms with Gasteiger partial charge >= 0.3 is 0 Å². The van der Waals surface area contributed by atoms with Crippen LogP contribution in [0.25, 0.3) is 0 Å². The van der Waals surface area contributed by atoms with Crippen LogP contribution in [0.5, 0.6) is 0 Å². The molecule has 1 amide bonds. The molecule has 138 valence electrons. The number of hydrogen-bond acceptors (Lipinski definition) is 4. The van der Waals surface area contributed by atoms with Crippen molar-refractivity contribution in [1.29, 1.82) is 0 Å². The summed E-state index contributed by atoms with van der Waals surface area (Å²) in [4.78, 5) is 12.9. The fourth-order valence-electron chi connectivity index (χ4n) is 2.98. The van der Waals surface area contributed by atoms with Gasteiger partial charge in [0.2, 0.25) is 5.91 Å². The molecule has 4 rings (SSSR count). The van der Waals surface area contributed by atoms with E-state index in [0.717, 1.165) is 23.6 Å². The highest BCUT2D eigenvalue weighted by Crippen LogP contribution is 2.36. The number of hydrogen-bond donors (Lipinski definition) is 1. The molecule has 0 unspecified atom stereocenters. The van der Waals surface area contributed by atoms with Crippen molar-refractivity contribution in [1.82, 2.24) is 20.1 Å². The van der Waals surface area contributed by atoms with E-state index in [-0.39, 0.29) is 17.2 Å². The van der Waals surface area contributed by atoms with Crippen LogP contribution in [-0.2, 0) is 4.79 Å². The average Bonchev–Trinajstić information content (AvgIpc) is 3.40. The molecular weight excluding hydrogens is 356 g/mol. The topological polar surface area (TPSA) is 59.8 Å². The third-order valence-corrected chi connectivity index (χ3v) is 5.95.